The Bertz CT molecular complexity index is 753. The first-order valence-corrected chi connectivity index (χ1v) is 10.1. The molecule has 2 aromatic rings. The molecule has 1 aromatic heterocycles. The first kappa shape index (κ1) is 22.4. The van der Waals surface area contributed by atoms with Gasteiger partial charge in [0.15, 0.2) is 0 Å². The van der Waals surface area contributed by atoms with Crippen LogP contribution < -0.4 is 10.6 Å². The van der Waals surface area contributed by atoms with E-state index in [1.54, 1.807) is 0 Å². The molecule has 1 amide bonds. The highest BCUT2D eigenvalue weighted by molar-refractivity contribution is 5.85. The van der Waals surface area contributed by atoms with Gasteiger partial charge in [0.2, 0.25) is 5.91 Å². The Hall–Kier alpha value is -1.85. The molecule has 1 saturated heterocycles. The van der Waals surface area contributed by atoms with Crippen molar-refractivity contribution in [1.82, 2.24) is 20.4 Å². The Morgan fingerprint density at radius 3 is 2.61 bits per heavy atom. The van der Waals surface area contributed by atoms with Crippen LogP contribution in [-0.4, -0.2) is 28.8 Å². The highest BCUT2D eigenvalue weighted by Gasteiger charge is 2.22. The molecule has 1 fully saturated rings. The number of carbonyl (C=O) groups excluding carboxylic acids is 1. The number of nitrogens with one attached hydrogen (secondary N) is 2. The molecule has 0 saturated carbocycles. The normalized spacial score (nSPS) is 15.7. The Labute approximate surface area is 174 Å². The van der Waals surface area contributed by atoms with Gasteiger partial charge in [-0.2, -0.15) is 5.10 Å². The molecule has 2 N–H and O–H groups in total. The maximum atomic E-state index is 12.4. The minimum atomic E-state index is 0. The first-order valence-electron chi connectivity index (χ1n) is 10.1. The fourth-order valence-electron chi connectivity index (χ4n) is 4.03. The molecule has 0 spiro atoms. The number of rotatable bonds is 7. The molecule has 154 valence electrons. The minimum Gasteiger partial charge on any atom is -0.352 e. The number of hydrogen-bond acceptors (Lipinski definition) is 3. The summed E-state index contributed by atoms with van der Waals surface area (Å²) >= 11 is 0. The van der Waals surface area contributed by atoms with Gasteiger partial charge in [-0.05, 0) is 57.2 Å². The third kappa shape index (κ3) is 5.82. The van der Waals surface area contributed by atoms with Gasteiger partial charge in [0.1, 0.15) is 0 Å². The standard InChI is InChI=1S/C22H32N4O.ClH/c1-16(20-9-11-23-12-10-20)13-22(27)24-14-21-17(2)25-26(18(21)3)15-19-7-5-4-6-8-19;/h4-8,16,20,23H,9-15H2,1-3H3,(H,24,27);1H. The number of nitrogens with zero attached hydrogens (tertiary/aromatic N) is 2. The lowest BCUT2D eigenvalue weighted by molar-refractivity contribution is -0.122. The van der Waals surface area contributed by atoms with Gasteiger partial charge in [-0.3, -0.25) is 9.48 Å². The van der Waals surface area contributed by atoms with E-state index in [1.165, 1.54) is 18.4 Å². The van der Waals surface area contributed by atoms with Crippen molar-refractivity contribution >= 4 is 18.3 Å². The van der Waals surface area contributed by atoms with Crippen molar-refractivity contribution in [2.75, 3.05) is 13.1 Å². The lowest BCUT2D eigenvalue weighted by Crippen LogP contribution is -2.33. The second-order valence-electron chi connectivity index (χ2n) is 7.84. The van der Waals surface area contributed by atoms with Crippen molar-refractivity contribution in [2.45, 2.75) is 53.1 Å². The quantitative estimate of drug-likeness (QED) is 0.741. The second kappa shape index (κ2) is 10.6. The van der Waals surface area contributed by atoms with Gasteiger partial charge in [-0.25, -0.2) is 0 Å². The Kier molecular flexibility index (Phi) is 8.52. The predicted octanol–water partition coefficient (Wildman–Crippen LogP) is 3.61. The molecule has 6 heteroatoms. The average Bonchev–Trinajstić information content (AvgIpc) is 2.94. The van der Waals surface area contributed by atoms with E-state index in [1.807, 2.05) is 29.8 Å². The monoisotopic (exact) mass is 404 g/mol. The largest absolute Gasteiger partial charge is 0.352 e. The molecule has 0 radical (unpaired) electrons. The summed E-state index contributed by atoms with van der Waals surface area (Å²) in [5.74, 6) is 1.25. The lowest BCUT2D eigenvalue weighted by Gasteiger charge is -2.27. The highest BCUT2D eigenvalue weighted by Crippen LogP contribution is 2.24. The van der Waals surface area contributed by atoms with E-state index in [4.69, 9.17) is 0 Å². The summed E-state index contributed by atoms with van der Waals surface area (Å²) < 4.78 is 2.03. The van der Waals surface area contributed by atoms with Gasteiger partial charge in [-0.15, -0.1) is 12.4 Å². The molecule has 1 aliphatic rings. The van der Waals surface area contributed by atoms with Gasteiger partial charge in [0.25, 0.3) is 0 Å². The van der Waals surface area contributed by atoms with Crippen LogP contribution in [0, 0.1) is 25.7 Å². The number of amides is 1. The smallest absolute Gasteiger partial charge is 0.220 e. The zero-order chi connectivity index (χ0) is 19.2. The zero-order valence-corrected chi connectivity index (χ0v) is 18.0. The van der Waals surface area contributed by atoms with Crippen LogP contribution in [0.25, 0.3) is 0 Å². The van der Waals surface area contributed by atoms with Gasteiger partial charge in [0.05, 0.1) is 12.2 Å². The van der Waals surface area contributed by atoms with Crippen molar-refractivity contribution in [3.05, 3.63) is 52.8 Å². The van der Waals surface area contributed by atoms with E-state index in [0.29, 0.717) is 24.8 Å². The molecule has 3 rings (SSSR count). The van der Waals surface area contributed by atoms with Crippen LogP contribution in [0.15, 0.2) is 30.3 Å². The van der Waals surface area contributed by atoms with Crippen LogP contribution in [-0.2, 0) is 17.9 Å². The second-order valence-corrected chi connectivity index (χ2v) is 7.84. The van der Waals surface area contributed by atoms with E-state index in [9.17, 15) is 4.79 Å². The third-order valence-corrected chi connectivity index (χ3v) is 5.86. The summed E-state index contributed by atoms with van der Waals surface area (Å²) in [6.45, 7) is 9.79. The number of hydrogen-bond donors (Lipinski definition) is 2. The summed E-state index contributed by atoms with van der Waals surface area (Å²) in [7, 11) is 0. The number of carbonyl (C=O) groups is 1. The number of halogens is 1. The molecule has 5 nitrogen and oxygen atoms in total. The minimum absolute atomic E-state index is 0. The van der Waals surface area contributed by atoms with Crippen LogP contribution in [0.1, 0.15) is 48.7 Å². The Balaban J connectivity index is 0.00000280. The van der Waals surface area contributed by atoms with E-state index in [0.717, 1.165) is 36.6 Å². The van der Waals surface area contributed by atoms with Crippen molar-refractivity contribution in [3.63, 3.8) is 0 Å². The van der Waals surface area contributed by atoms with E-state index in [-0.39, 0.29) is 18.3 Å². The van der Waals surface area contributed by atoms with Gasteiger partial charge < -0.3 is 10.6 Å². The zero-order valence-electron chi connectivity index (χ0n) is 17.2. The molecule has 1 atom stereocenters. The van der Waals surface area contributed by atoms with Crippen molar-refractivity contribution in [3.8, 4) is 0 Å². The molecular formula is C22H33ClN4O. The van der Waals surface area contributed by atoms with E-state index >= 15 is 0 Å². The summed E-state index contributed by atoms with van der Waals surface area (Å²) in [5, 5.41) is 11.2. The van der Waals surface area contributed by atoms with Crippen molar-refractivity contribution < 1.29 is 4.79 Å². The van der Waals surface area contributed by atoms with Crippen molar-refractivity contribution in [1.29, 1.82) is 0 Å². The van der Waals surface area contributed by atoms with Gasteiger partial charge in [-0.1, -0.05) is 37.3 Å². The average molecular weight is 405 g/mol. The van der Waals surface area contributed by atoms with E-state index in [2.05, 4.69) is 41.7 Å². The number of benzene rings is 1. The summed E-state index contributed by atoms with van der Waals surface area (Å²) in [6, 6.07) is 10.3. The third-order valence-electron chi connectivity index (χ3n) is 5.86. The molecule has 0 aliphatic carbocycles. The summed E-state index contributed by atoms with van der Waals surface area (Å²) in [5.41, 5.74) is 4.49. The first-order chi connectivity index (χ1) is 13.0. The topological polar surface area (TPSA) is 59.0 Å². The van der Waals surface area contributed by atoms with Gasteiger partial charge in [0, 0.05) is 24.2 Å². The molecule has 1 aromatic carbocycles. The Morgan fingerprint density at radius 1 is 1.25 bits per heavy atom. The molecule has 1 unspecified atom stereocenters. The van der Waals surface area contributed by atoms with Crippen LogP contribution in [0.4, 0.5) is 0 Å². The summed E-state index contributed by atoms with van der Waals surface area (Å²) in [6.07, 6.45) is 2.97. The van der Waals surface area contributed by atoms with E-state index < -0.39 is 0 Å². The lowest BCUT2D eigenvalue weighted by atomic mass is 9.84. The number of piperidine rings is 1. The van der Waals surface area contributed by atoms with Crippen molar-refractivity contribution in [2.24, 2.45) is 11.8 Å². The highest BCUT2D eigenvalue weighted by atomic mass is 35.5. The Morgan fingerprint density at radius 2 is 1.93 bits per heavy atom. The maximum absolute atomic E-state index is 12.4. The molecular weight excluding hydrogens is 372 g/mol. The molecule has 0 bridgehead atoms. The number of aryl methyl sites for hydroxylation is 1. The van der Waals surface area contributed by atoms with Crippen LogP contribution >= 0.6 is 12.4 Å². The molecule has 2 heterocycles. The van der Waals surface area contributed by atoms with Gasteiger partial charge >= 0.3 is 0 Å². The molecule has 28 heavy (non-hydrogen) atoms. The summed E-state index contributed by atoms with van der Waals surface area (Å²) in [4.78, 5) is 12.4. The predicted molar refractivity (Wildman–Crippen MR) is 116 cm³/mol. The maximum Gasteiger partial charge on any atom is 0.220 e. The van der Waals surface area contributed by atoms with Crippen LogP contribution in [0.5, 0.6) is 0 Å². The SMILES string of the molecule is Cc1nn(Cc2ccccc2)c(C)c1CNC(=O)CC(C)C1CCNCC1.Cl. The number of aromatic nitrogens is 2. The fourth-order valence-corrected chi connectivity index (χ4v) is 4.03. The van der Waals surface area contributed by atoms with Crippen LogP contribution in [0.2, 0.25) is 0 Å². The molecule has 1 aliphatic heterocycles. The fraction of sp³-hybridized carbons (Fsp3) is 0.545. The van der Waals surface area contributed by atoms with Crippen LogP contribution in [0.3, 0.4) is 0 Å².